The van der Waals surface area contributed by atoms with Crippen molar-refractivity contribution in [2.75, 3.05) is 0 Å². The molecule has 0 saturated carbocycles. The van der Waals surface area contributed by atoms with Crippen molar-refractivity contribution in [1.82, 2.24) is 0 Å². The van der Waals surface area contributed by atoms with Crippen molar-refractivity contribution in [3.05, 3.63) is 11.6 Å². The normalized spacial score (nSPS) is 36.0. The second-order valence-corrected chi connectivity index (χ2v) is 5.24. The van der Waals surface area contributed by atoms with E-state index in [2.05, 4.69) is 9.47 Å². The van der Waals surface area contributed by atoms with E-state index in [1.54, 1.807) is 13.0 Å². The average Bonchev–Trinajstić information content (AvgIpc) is 2.80. The minimum atomic E-state index is -0.549. The molecule has 2 heterocycles. The minimum absolute atomic E-state index is 0. The van der Waals surface area contributed by atoms with Gasteiger partial charge in [0.05, 0.1) is 24.2 Å². The first-order valence-electron chi connectivity index (χ1n) is 6.15. The molecule has 2 fully saturated rings. The lowest BCUT2D eigenvalue weighted by atomic mass is 9.72. The molecule has 6 heteroatoms. The molecule has 2 saturated heterocycles. The Morgan fingerprint density at radius 2 is 1.65 bits per heavy atom. The van der Waals surface area contributed by atoms with Crippen LogP contribution >= 0.6 is 0 Å². The first kappa shape index (κ1) is 14.4. The minimum Gasteiger partial charge on any atom is -0.393 e. The fraction of sp³-hybridized carbons (Fsp3) is 0.571. The number of rotatable bonds is 1. The van der Waals surface area contributed by atoms with Crippen molar-refractivity contribution in [1.29, 1.82) is 0 Å². The van der Waals surface area contributed by atoms with Gasteiger partial charge in [0.2, 0.25) is 0 Å². The number of esters is 4. The lowest BCUT2D eigenvalue weighted by molar-refractivity contribution is -0.155. The SMILES string of the molecule is C.CC1=CC(C2CC(=O)OC2=O)CC2C(=O)OC(=O)C12. The average molecular weight is 280 g/mol. The van der Waals surface area contributed by atoms with E-state index in [1.165, 1.54) is 0 Å². The Morgan fingerprint density at radius 3 is 2.25 bits per heavy atom. The first-order valence-corrected chi connectivity index (χ1v) is 6.15. The van der Waals surface area contributed by atoms with Crippen molar-refractivity contribution in [3.63, 3.8) is 0 Å². The Hall–Kier alpha value is -1.98. The van der Waals surface area contributed by atoms with E-state index in [1.807, 2.05) is 0 Å². The van der Waals surface area contributed by atoms with Crippen molar-refractivity contribution in [2.24, 2.45) is 23.7 Å². The Labute approximate surface area is 116 Å². The van der Waals surface area contributed by atoms with Gasteiger partial charge in [-0.25, -0.2) is 0 Å². The van der Waals surface area contributed by atoms with Crippen molar-refractivity contribution >= 4 is 23.9 Å². The van der Waals surface area contributed by atoms with Crippen LogP contribution in [0, 0.1) is 23.7 Å². The number of carbonyl (C=O) groups is 4. The summed E-state index contributed by atoms with van der Waals surface area (Å²) in [5.74, 6) is -4.01. The van der Waals surface area contributed by atoms with Crippen LogP contribution in [0.15, 0.2) is 11.6 Å². The third-order valence-corrected chi connectivity index (χ3v) is 4.07. The Balaban J connectivity index is 0.00000147. The maximum atomic E-state index is 11.6. The molecule has 20 heavy (non-hydrogen) atoms. The van der Waals surface area contributed by atoms with Gasteiger partial charge < -0.3 is 9.47 Å². The van der Waals surface area contributed by atoms with E-state index >= 15 is 0 Å². The summed E-state index contributed by atoms with van der Waals surface area (Å²) in [4.78, 5) is 45.9. The fourth-order valence-corrected chi connectivity index (χ4v) is 3.18. The van der Waals surface area contributed by atoms with E-state index in [4.69, 9.17) is 0 Å². The lowest BCUT2D eigenvalue weighted by Gasteiger charge is -2.27. The molecule has 0 aromatic rings. The van der Waals surface area contributed by atoms with Gasteiger partial charge in [-0.1, -0.05) is 19.1 Å². The summed E-state index contributed by atoms with van der Waals surface area (Å²) in [6.07, 6.45) is 2.18. The van der Waals surface area contributed by atoms with Crippen molar-refractivity contribution in [3.8, 4) is 0 Å². The van der Waals surface area contributed by atoms with Gasteiger partial charge in [-0.2, -0.15) is 0 Å². The van der Waals surface area contributed by atoms with E-state index in [0.717, 1.165) is 5.57 Å². The van der Waals surface area contributed by atoms with Gasteiger partial charge in [0.1, 0.15) is 0 Å². The summed E-state index contributed by atoms with van der Waals surface area (Å²) in [5.41, 5.74) is 0.726. The molecule has 4 atom stereocenters. The predicted octanol–water partition coefficient (Wildman–Crippen LogP) is 0.994. The summed E-state index contributed by atoms with van der Waals surface area (Å²) >= 11 is 0. The lowest BCUT2D eigenvalue weighted by Crippen LogP contribution is -2.31. The highest BCUT2D eigenvalue weighted by atomic mass is 16.6. The van der Waals surface area contributed by atoms with Gasteiger partial charge in [-0.05, 0) is 19.3 Å². The molecule has 0 aromatic carbocycles. The molecule has 3 rings (SSSR count). The van der Waals surface area contributed by atoms with Crippen LogP contribution in [0.2, 0.25) is 0 Å². The van der Waals surface area contributed by atoms with Gasteiger partial charge in [-0.15, -0.1) is 0 Å². The van der Waals surface area contributed by atoms with Crippen molar-refractivity contribution in [2.45, 2.75) is 27.2 Å². The molecule has 0 radical (unpaired) electrons. The standard InChI is InChI=1S/C13H12O6.CH4/c1-5-2-6(7-4-9(14)18-11(7)15)3-8-10(5)13(17)19-12(8)16;/h2,6-8,10H,3-4H2,1H3;1H4. The van der Waals surface area contributed by atoms with Crippen LogP contribution in [0.1, 0.15) is 27.2 Å². The van der Waals surface area contributed by atoms with Crippen LogP contribution in [0.4, 0.5) is 0 Å². The van der Waals surface area contributed by atoms with Gasteiger partial charge >= 0.3 is 23.9 Å². The zero-order valence-electron chi connectivity index (χ0n) is 10.3. The van der Waals surface area contributed by atoms with Crippen LogP contribution in [0.3, 0.4) is 0 Å². The van der Waals surface area contributed by atoms with E-state index in [0.29, 0.717) is 6.42 Å². The number of carbonyl (C=O) groups excluding carboxylic acids is 4. The summed E-state index contributed by atoms with van der Waals surface area (Å²) in [5, 5.41) is 0. The molecule has 0 bridgehead atoms. The molecule has 0 spiro atoms. The van der Waals surface area contributed by atoms with Gasteiger partial charge in [0, 0.05) is 0 Å². The highest BCUT2D eigenvalue weighted by Gasteiger charge is 2.51. The summed E-state index contributed by atoms with van der Waals surface area (Å²) in [6, 6.07) is 0. The van der Waals surface area contributed by atoms with E-state index in [9.17, 15) is 19.2 Å². The van der Waals surface area contributed by atoms with Gasteiger partial charge in [-0.3, -0.25) is 19.2 Å². The molecule has 4 unspecified atom stereocenters. The molecule has 1 aliphatic carbocycles. The van der Waals surface area contributed by atoms with Crippen molar-refractivity contribution < 1.29 is 28.7 Å². The van der Waals surface area contributed by atoms with Crippen LogP contribution in [0.5, 0.6) is 0 Å². The van der Waals surface area contributed by atoms with Gasteiger partial charge in [0.25, 0.3) is 0 Å². The summed E-state index contributed by atoms with van der Waals surface area (Å²) < 4.78 is 9.17. The second kappa shape index (κ2) is 4.85. The molecular formula is C14H16O6. The molecule has 0 aromatic heterocycles. The number of cyclic esters (lactones) is 4. The Bertz CT molecular complexity index is 532. The quantitative estimate of drug-likeness (QED) is 0.404. The fourth-order valence-electron chi connectivity index (χ4n) is 3.18. The second-order valence-electron chi connectivity index (χ2n) is 5.24. The van der Waals surface area contributed by atoms with E-state index in [-0.39, 0.29) is 19.8 Å². The maximum absolute atomic E-state index is 11.6. The number of hydrogen-bond acceptors (Lipinski definition) is 6. The van der Waals surface area contributed by atoms with Crippen LogP contribution in [0.25, 0.3) is 0 Å². The number of fused-ring (bicyclic) bond motifs is 1. The highest BCUT2D eigenvalue weighted by molar-refractivity contribution is 5.99. The zero-order valence-corrected chi connectivity index (χ0v) is 10.3. The number of allylic oxidation sites excluding steroid dienone is 1. The first-order chi connectivity index (χ1) is 8.97. The molecule has 6 nitrogen and oxygen atoms in total. The molecule has 108 valence electrons. The summed E-state index contributed by atoms with van der Waals surface area (Å²) in [7, 11) is 0. The molecule has 0 amide bonds. The third kappa shape index (κ3) is 2.05. The van der Waals surface area contributed by atoms with Crippen LogP contribution in [-0.2, 0) is 28.7 Å². The topological polar surface area (TPSA) is 86.7 Å². The van der Waals surface area contributed by atoms with E-state index < -0.39 is 41.6 Å². The number of ether oxygens (including phenoxy) is 2. The zero-order chi connectivity index (χ0) is 13.7. The largest absolute Gasteiger partial charge is 0.393 e. The molecule has 3 aliphatic rings. The predicted molar refractivity (Wildman–Crippen MR) is 65.9 cm³/mol. The molecular weight excluding hydrogens is 264 g/mol. The highest BCUT2D eigenvalue weighted by Crippen LogP contribution is 2.43. The Kier molecular flexibility index (Phi) is 3.50. The number of hydrogen-bond donors (Lipinski definition) is 0. The third-order valence-electron chi connectivity index (χ3n) is 4.07. The summed E-state index contributed by atoms with van der Waals surface area (Å²) in [6.45, 7) is 1.74. The monoisotopic (exact) mass is 280 g/mol. The molecule has 2 aliphatic heterocycles. The van der Waals surface area contributed by atoms with Crippen LogP contribution < -0.4 is 0 Å². The smallest absolute Gasteiger partial charge is 0.321 e. The van der Waals surface area contributed by atoms with Crippen LogP contribution in [-0.4, -0.2) is 23.9 Å². The Morgan fingerprint density at radius 1 is 1.00 bits per heavy atom. The van der Waals surface area contributed by atoms with Gasteiger partial charge in [0.15, 0.2) is 0 Å². The maximum Gasteiger partial charge on any atom is 0.321 e. The molecule has 0 N–H and O–H groups in total.